The summed E-state index contributed by atoms with van der Waals surface area (Å²) >= 11 is 0. The molecule has 0 spiro atoms. The third kappa shape index (κ3) is 13.5. The Morgan fingerprint density at radius 2 is 1.40 bits per heavy atom. The van der Waals surface area contributed by atoms with Gasteiger partial charge in [0.2, 0.25) is 15.9 Å². The molecule has 15 heteroatoms. The van der Waals surface area contributed by atoms with Gasteiger partial charge in [-0.2, -0.15) is 0 Å². The number of hydrogen-bond donors (Lipinski definition) is 4. The van der Waals surface area contributed by atoms with E-state index in [4.69, 9.17) is 10.6 Å². The summed E-state index contributed by atoms with van der Waals surface area (Å²) in [6.45, 7) is 17.2. The topological polar surface area (TPSA) is 199 Å². The first kappa shape index (κ1) is 56.1. The molecule has 2 aromatic heterocycles. The van der Waals surface area contributed by atoms with Crippen molar-refractivity contribution in [2.45, 2.75) is 154 Å². The highest BCUT2D eigenvalue weighted by molar-refractivity contribution is 7.89. The van der Waals surface area contributed by atoms with Crippen LogP contribution in [0.4, 0.5) is 14.9 Å². The second kappa shape index (κ2) is 22.1. The molecule has 402 valence electrons. The molecule has 5 fully saturated rings. The average Bonchev–Trinajstić information content (AvgIpc) is 4.29. The van der Waals surface area contributed by atoms with Gasteiger partial charge in [0.1, 0.15) is 12.2 Å². The SMILES string of the molecule is CC1(F)CCCCC1CCC1C(c2ccc(S(N)(=O)=O)cc2)C1(C)C.Cc1ccc(CCC2C(c3ccc(N4CC(=O)NC4=O)cc3)C2(C)C)c(C)n1.Cc1cncc(CCC2CC2c2ccc(P(N)(=O)O)cc2)c1. The molecule has 1 aliphatic heterocycles. The minimum atomic E-state index is -3.65. The van der Waals surface area contributed by atoms with Crippen molar-refractivity contribution < 1.29 is 31.9 Å². The van der Waals surface area contributed by atoms with Gasteiger partial charge in [-0.15, -0.1) is 0 Å². The summed E-state index contributed by atoms with van der Waals surface area (Å²) in [6, 6.07) is 28.4. The highest BCUT2D eigenvalue weighted by Crippen LogP contribution is 2.67. The van der Waals surface area contributed by atoms with Crippen molar-refractivity contribution in [3.05, 3.63) is 148 Å². The van der Waals surface area contributed by atoms with Gasteiger partial charge in [0.25, 0.3) is 7.52 Å². The summed E-state index contributed by atoms with van der Waals surface area (Å²) in [6.07, 6.45) is 15.3. The van der Waals surface area contributed by atoms with Gasteiger partial charge in [0, 0.05) is 29.5 Å². The molecule has 10 rings (SSSR count). The van der Waals surface area contributed by atoms with Gasteiger partial charge < -0.3 is 4.89 Å². The molecule has 75 heavy (non-hydrogen) atoms. The number of nitrogens with one attached hydrogen (secondary N) is 1. The Hall–Kier alpha value is -5.11. The van der Waals surface area contributed by atoms with Crippen molar-refractivity contribution in [2.24, 2.45) is 45.1 Å². The number of rotatable bonds is 15. The molecule has 9 unspecified atom stereocenters. The van der Waals surface area contributed by atoms with Crippen molar-refractivity contribution in [1.82, 2.24) is 15.3 Å². The molecule has 3 aromatic carbocycles. The minimum absolute atomic E-state index is 0.0969. The van der Waals surface area contributed by atoms with Crippen LogP contribution in [0.3, 0.4) is 0 Å². The van der Waals surface area contributed by atoms with Crippen LogP contribution in [0.1, 0.15) is 155 Å². The average molecular weight is 1060 g/mol. The number of imide groups is 1. The van der Waals surface area contributed by atoms with Crippen LogP contribution in [0.15, 0.2) is 108 Å². The fraction of sp³-hybridized carbons (Fsp3) is 0.500. The Kier molecular flexibility index (Phi) is 16.5. The van der Waals surface area contributed by atoms with Gasteiger partial charge in [0.05, 0.1) is 10.2 Å². The number of alkyl halides is 1. The Bertz CT molecular complexity index is 3020. The molecule has 6 N–H and O–H groups in total. The molecule has 0 bridgehead atoms. The number of nitrogens with two attached hydrogens (primary N) is 2. The third-order valence-electron chi connectivity index (χ3n) is 17.6. The number of amides is 3. The molecular weight excluding hydrogens is 983 g/mol. The van der Waals surface area contributed by atoms with E-state index in [0.29, 0.717) is 47.2 Å². The first-order valence-corrected chi connectivity index (χ1v) is 30.1. The van der Waals surface area contributed by atoms with E-state index in [1.54, 1.807) is 31.2 Å². The van der Waals surface area contributed by atoms with Crippen LogP contribution in [0.25, 0.3) is 0 Å². The number of halogens is 1. The summed E-state index contributed by atoms with van der Waals surface area (Å²) in [5, 5.41) is 7.81. The molecule has 4 aliphatic carbocycles. The van der Waals surface area contributed by atoms with Crippen LogP contribution in [0.2, 0.25) is 0 Å². The van der Waals surface area contributed by atoms with Gasteiger partial charge in [-0.05, 0) is 214 Å². The highest BCUT2D eigenvalue weighted by Gasteiger charge is 2.58. The number of aryl methyl sites for hydroxylation is 5. The lowest BCUT2D eigenvalue weighted by atomic mass is 9.75. The van der Waals surface area contributed by atoms with Crippen LogP contribution in [0.5, 0.6) is 0 Å². The zero-order valence-corrected chi connectivity index (χ0v) is 46.8. The third-order valence-corrected chi connectivity index (χ3v) is 19.5. The van der Waals surface area contributed by atoms with Crippen LogP contribution < -0.4 is 26.2 Å². The van der Waals surface area contributed by atoms with E-state index in [2.05, 4.69) is 87.2 Å². The minimum Gasteiger partial charge on any atom is -0.330 e. The van der Waals surface area contributed by atoms with Crippen LogP contribution in [0, 0.1) is 55.3 Å². The second-order valence-corrected chi connectivity index (χ2v) is 27.0. The van der Waals surface area contributed by atoms with E-state index < -0.39 is 23.2 Å². The lowest BCUT2D eigenvalue weighted by Crippen LogP contribution is -2.33. The highest BCUT2D eigenvalue weighted by atomic mass is 32.2. The monoisotopic (exact) mass is 1060 g/mol. The summed E-state index contributed by atoms with van der Waals surface area (Å²) in [7, 11) is -7.27. The molecule has 9 atom stereocenters. The normalized spacial score (nSPS) is 26.9. The lowest BCUT2D eigenvalue weighted by Gasteiger charge is -2.35. The van der Waals surface area contributed by atoms with Crippen molar-refractivity contribution in [1.29, 1.82) is 0 Å². The first-order chi connectivity index (χ1) is 35.2. The largest absolute Gasteiger partial charge is 0.330 e. The number of hydrogen-bond acceptors (Lipinski definition) is 7. The number of anilines is 1. The van der Waals surface area contributed by atoms with E-state index >= 15 is 0 Å². The van der Waals surface area contributed by atoms with E-state index in [0.717, 1.165) is 80.4 Å². The quantitative estimate of drug-likeness (QED) is 0.0582. The Morgan fingerprint density at radius 3 is 1.96 bits per heavy atom. The molecular formula is C60H78FN6O6PS. The Labute approximate surface area is 444 Å². The fourth-order valence-electron chi connectivity index (χ4n) is 12.8. The predicted octanol–water partition coefficient (Wildman–Crippen LogP) is 11.8. The zero-order chi connectivity index (χ0) is 54.3. The van der Waals surface area contributed by atoms with Crippen LogP contribution in [-0.4, -0.2) is 47.4 Å². The number of urea groups is 1. The van der Waals surface area contributed by atoms with Gasteiger partial charge in [0.15, 0.2) is 0 Å². The van der Waals surface area contributed by atoms with Crippen LogP contribution >= 0.6 is 7.52 Å². The molecule has 5 aromatic rings. The smallest absolute Gasteiger partial charge is 0.329 e. The number of benzene rings is 3. The fourth-order valence-corrected chi connectivity index (χ4v) is 13.9. The van der Waals surface area contributed by atoms with Crippen LogP contribution in [-0.2, 0) is 32.2 Å². The molecule has 0 radical (unpaired) electrons. The second-order valence-electron chi connectivity index (χ2n) is 23.7. The van der Waals surface area contributed by atoms with E-state index in [1.807, 2.05) is 55.7 Å². The number of pyridine rings is 2. The van der Waals surface area contributed by atoms with Crippen molar-refractivity contribution >= 4 is 40.5 Å². The van der Waals surface area contributed by atoms with Gasteiger partial charge in [-0.1, -0.05) is 89.1 Å². The predicted molar refractivity (Wildman–Crippen MR) is 296 cm³/mol. The number of carbonyl (C=O) groups excluding carboxylic acids is 2. The summed E-state index contributed by atoms with van der Waals surface area (Å²) in [5.74, 6) is 3.31. The van der Waals surface area contributed by atoms with Gasteiger partial charge in [-0.3, -0.25) is 35.0 Å². The van der Waals surface area contributed by atoms with Gasteiger partial charge in [-0.25, -0.2) is 22.7 Å². The number of nitrogens with zero attached hydrogens (tertiary/aromatic N) is 3. The Balaban J connectivity index is 0.000000151. The van der Waals surface area contributed by atoms with Crippen molar-refractivity contribution in [3.8, 4) is 0 Å². The van der Waals surface area contributed by atoms with E-state index in [9.17, 15) is 31.9 Å². The molecule has 3 heterocycles. The Morgan fingerprint density at radius 1 is 0.787 bits per heavy atom. The molecule has 5 aliphatic rings. The molecule has 3 amide bonds. The van der Waals surface area contributed by atoms with E-state index in [-0.39, 0.29) is 40.1 Å². The van der Waals surface area contributed by atoms with E-state index in [1.165, 1.54) is 39.1 Å². The van der Waals surface area contributed by atoms with Gasteiger partial charge >= 0.3 is 6.03 Å². The van der Waals surface area contributed by atoms with Crippen molar-refractivity contribution in [3.63, 3.8) is 0 Å². The zero-order valence-electron chi connectivity index (χ0n) is 45.1. The molecule has 4 saturated carbocycles. The maximum atomic E-state index is 14.7. The van der Waals surface area contributed by atoms with Crippen molar-refractivity contribution in [2.75, 3.05) is 11.4 Å². The standard InChI is InChI=1S/C23H27N3O2.C20H30FNO2S.C17H21N2O2P/c1-14-5-6-16(15(2)24-14)9-12-19-21(23(19,3)4)17-7-10-18(11-8-17)26-13-20(27)25-22(26)28;1-19(2)17(12-9-15-6-4-5-13-20(15,3)21)18(19)14-7-10-16(11-8-14)25(22,23)24;1-12-8-13(11-19-10-12)2-3-15-9-17(15)14-4-6-16(7-5-14)22(18,20)21/h5-8,10-11,19,21H,9,12-13H2,1-4H3,(H,25,27,28);7-8,10-11,15,17-18H,4-6,9,12-13H2,1-3H3,(H2,22,23,24);4-8,10-11,15,17H,2-3,9H2,1H3,(H3,18,20,21). The maximum absolute atomic E-state index is 14.7. The number of primary sulfonamides is 1. The molecule has 12 nitrogen and oxygen atoms in total. The number of sulfonamides is 1. The first-order valence-electron chi connectivity index (χ1n) is 26.8. The lowest BCUT2D eigenvalue weighted by molar-refractivity contribution is -0.117. The number of carbonyl (C=O) groups is 2. The number of aromatic nitrogens is 2. The summed E-state index contributed by atoms with van der Waals surface area (Å²) in [4.78, 5) is 43.0. The summed E-state index contributed by atoms with van der Waals surface area (Å²) in [5.41, 5.74) is 15.2. The maximum Gasteiger partial charge on any atom is 0.329 e. The summed E-state index contributed by atoms with van der Waals surface area (Å²) < 4.78 is 48.9. The molecule has 1 saturated heterocycles.